The maximum atomic E-state index is 6.15. The van der Waals surface area contributed by atoms with E-state index in [0.29, 0.717) is 5.02 Å². The van der Waals surface area contributed by atoms with Crippen LogP contribution in [0.25, 0.3) is 0 Å². The van der Waals surface area contributed by atoms with E-state index >= 15 is 0 Å². The van der Waals surface area contributed by atoms with E-state index in [4.69, 9.17) is 16.3 Å². The molecule has 0 spiro atoms. The quantitative estimate of drug-likeness (QED) is 0.945. The van der Waals surface area contributed by atoms with Gasteiger partial charge in [0.1, 0.15) is 6.10 Å². The predicted octanol–water partition coefficient (Wildman–Crippen LogP) is 2.72. The van der Waals surface area contributed by atoms with Crippen LogP contribution in [0.4, 0.5) is 5.69 Å². The third-order valence-electron chi connectivity index (χ3n) is 3.78. The molecule has 2 aromatic heterocycles. The van der Waals surface area contributed by atoms with Crippen molar-refractivity contribution >= 4 is 17.3 Å². The molecule has 0 radical (unpaired) electrons. The second kappa shape index (κ2) is 5.42. The molecule has 1 N–H and O–H groups in total. The van der Waals surface area contributed by atoms with Gasteiger partial charge in [-0.25, -0.2) is 0 Å². The smallest absolute Gasteiger partial charge is 0.106 e. The van der Waals surface area contributed by atoms with Crippen LogP contribution in [0.1, 0.15) is 23.8 Å². The van der Waals surface area contributed by atoms with Crippen molar-refractivity contribution in [1.29, 1.82) is 0 Å². The van der Waals surface area contributed by atoms with E-state index in [1.165, 1.54) is 0 Å². The summed E-state index contributed by atoms with van der Waals surface area (Å²) in [5.41, 5.74) is 3.15. The van der Waals surface area contributed by atoms with Gasteiger partial charge < -0.3 is 10.1 Å². The molecule has 1 saturated heterocycles. The van der Waals surface area contributed by atoms with Crippen LogP contribution in [0, 0.1) is 6.92 Å². The van der Waals surface area contributed by atoms with E-state index in [1.54, 1.807) is 12.4 Å². The van der Waals surface area contributed by atoms with Crippen LogP contribution in [0.3, 0.4) is 0 Å². The molecule has 1 aliphatic rings. The van der Waals surface area contributed by atoms with E-state index in [9.17, 15) is 0 Å². The van der Waals surface area contributed by atoms with Gasteiger partial charge in [0.2, 0.25) is 0 Å². The molecule has 0 bridgehead atoms. The average molecular weight is 293 g/mol. The highest BCUT2D eigenvalue weighted by Crippen LogP contribution is 2.34. The summed E-state index contributed by atoms with van der Waals surface area (Å²) >= 11 is 6.15. The molecule has 2 aromatic rings. The zero-order valence-corrected chi connectivity index (χ0v) is 12.3. The molecule has 0 amide bonds. The van der Waals surface area contributed by atoms with E-state index in [0.717, 1.165) is 30.0 Å². The maximum absolute atomic E-state index is 6.15. The number of aryl methyl sites for hydroxylation is 1. The molecule has 0 aromatic carbocycles. The Kier molecular flexibility index (Phi) is 3.63. The number of rotatable bonds is 3. The van der Waals surface area contributed by atoms with Gasteiger partial charge in [-0.3, -0.25) is 9.67 Å². The van der Waals surface area contributed by atoms with Crippen molar-refractivity contribution in [2.75, 3.05) is 11.9 Å². The number of hydrogen-bond donors (Lipinski definition) is 1. The first-order valence-corrected chi connectivity index (χ1v) is 7.01. The van der Waals surface area contributed by atoms with Crippen molar-refractivity contribution in [3.8, 4) is 0 Å². The maximum Gasteiger partial charge on any atom is 0.106 e. The van der Waals surface area contributed by atoms with Gasteiger partial charge in [0, 0.05) is 37.3 Å². The summed E-state index contributed by atoms with van der Waals surface area (Å²) in [6.07, 6.45) is 6.21. The number of pyridine rings is 1. The van der Waals surface area contributed by atoms with Gasteiger partial charge in [-0.05, 0) is 19.4 Å². The highest BCUT2D eigenvalue weighted by Gasteiger charge is 2.32. The highest BCUT2D eigenvalue weighted by molar-refractivity contribution is 6.33. The second-order valence-electron chi connectivity index (χ2n) is 5.00. The van der Waals surface area contributed by atoms with Gasteiger partial charge in [0.25, 0.3) is 0 Å². The number of ether oxygens (including phenoxy) is 1. The topological polar surface area (TPSA) is 52.0 Å². The molecule has 1 fully saturated rings. The molecule has 0 saturated carbocycles. The third-order valence-corrected chi connectivity index (χ3v) is 4.09. The van der Waals surface area contributed by atoms with Crippen LogP contribution in [0.2, 0.25) is 5.02 Å². The second-order valence-corrected chi connectivity index (χ2v) is 5.40. The zero-order chi connectivity index (χ0) is 14.1. The molecule has 0 unspecified atom stereocenters. The van der Waals surface area contributed by atoms with Crippen LogP contribution < -0.4 is 5.32 Å². The van der Waals surface area contributed by atoms with Crippen molar-refractivity contribution in [3.63, 3.8) is 0 Å². The normalized spacial score (nSPS) is 22.1. The summed E-state index contributed by atoms with van der Waals surface area (Å²) in [6, 6.07) is 2.08. The third kappa shape index (κ3) is 2.39. The summed E-state index contributed by atoms with van der Waals surface area (Å²) in [5, 5.41) is 8.38. The minimum atomic E-state index is 0.00734. The summed E-state index contributed by atoms with van der Waals surface area (Å²) in [7, 11) is 1.94. The van der Waals surface area contributed by atoms with Crippen molar-refractivity contribution in [2.45, 2.75) is 25.5 Å². The fourth-order valence-electron chi connectivity index (χ4n) is 2.53. The van der Waals surface area contributed by atoms with E-state index in [1.807, 2.05) is 24.0 Å². The first-order chi connectivity index (χ1) is 9.66. The Balaban J connectivity index is 1.83. The van der Waals surface area contributed by atoms with Crippen LogP contribution in [-0.4, -0.2) is 27.4 Å². The lowest BCUT2D eigenvalue weighted by Gasteiger charge is -2.21. The number of anilines is 1. The number of nitrogens with zero attached hydrogens (tertiary/aromatic N) is 3. The van der Waals surface area contributed by atoms with Crippen molar-refractivity contribution in [2.24, 2.45) is 7.05 Å². The number of aromatic nitrogens is 3. The summed E-state index contributed by atoms with van der Waals surface area (Å²) in [4.78, 5) is 4.00. The Bertz CT molecular complexity index is 613. The Morgan fingerprint density at radius 2 is 2.30 bits per heavy atom. The predicted molar refractivity (Wildman–Crippen MR) is 77.9 cm³/mol. The molecular formula is C14H17ClN4O. The van der Waals surface area contributed by atoms with Gasteiger partial charge in [-0.15, -0.1) is 0 Å². The largest absolute Gasteiger partial charge is 0.378 e. The van der Waals surface area contributed by atoms with E-state index < -0.39 is 0 Å². The Morgan fingerprint density at radius 1 is 1.45 bits per heavy atom. The lowest BCUT2D eigenvalue weighted by atomic mass is 10.0. The minimum Gasteiger partial charge on any atom is -0.378 e. The Labute approximate surface area is 122 Å². The monoisotopic (exact) mass is 292 g/mol. The fraction of sp³-hybridized carbons (Fsp3) is 0.429. The first kappa shape index (κ1) is 13.4. The van der Waals surface area contributed by atoms with Gasteiger partial charge in [-0.1, -0.05) is 11.6 Å². The van der Waals surface area contributed by atoms with E-state index in [2.05, 4.69) is 22.3 Å². The van der Waals surface area contributed by atoms with Crippen molar-refractivity contribution < 1.29 is 4.74 Å². The van der Waals surface area contributed by atoms with Gasteiger partial charge in [0.05, 0.1) is 22.9 Å². The zero-order valence-electron chi connectivity index (χ0n) is 11.5. The van der Waals surface area contributed by atoms with Crippen LogP contribution in [0.5, 0.6) is 0 Å². The Hall–Kier alpha value is -1.59. The van der Waals surface area contributed by atoms with Crippen molar-refractivity contribution in [1.82, 2.24) is 14.8 Å². The molecule has 5 nitrogen and oxygen atoms in total. The highest BCUT2D eigenvalue weighted by atomic mass is 35.5. The molecule has 3 heterocycles. The standard InChI is InChI=1S/C14H17ClN4O/c1-9-10(7-17-19(9)2)14-13(4-6-20-14)18-12-3-5-16-8-11(12)15/h3,5,7-8,13-14H,4,6H2,1-2H3,(H,16,18)/t13-,14+/m0/s1. The molecule has 2 atom stereocenters. The van der Waals surface area contributed by atoms with Crippen LogP contribution in [0.15, 0.2) is 24.7 Å². The average Bonchev–Trinajstić information content (AvgIpc) is 3.01. The van der Waals surface area contributed by atoms with Crippen LogP contribution in [-0.2, 0) is 11.8 Å². The fourth-order valence-corrected chi connectivity index (χ4v) is 2.70. The lowest BCUT2D eigenvalue weighted by Crippen LogP contribution is -2.23. The summed E-state index contributed by atoms with van der Waals surface area (Å²) in [6.45, 7) is 2.79. The van der Waals surface area contributed by atoms with Gasteiger partial charge >= 0.3 is 0 Å². The molecular weight excluding hydrogens is 276 g/mol. The molecule has 1 aliphatic heterocycles. The van der Waals surface area contributed by atoms with Gasteiger partial charge in [0.15, 0.2) is 0 Å². The molecule has 3 rings (SSSR count). The van der Waals surface area contributed by atoms with Gasteiger partial charge in [-0.2, -0.15) is 5.10 Å². The first-order valence-electron chi connectivity index (χ1n) is 6.63. The number of hydrogen-bond acceptors (Lipinski definition) is 4. The molecule has 6 heteroatoms. The van der Waals surface area contributed by atoms with Crippen LogP contribution >= 0.6 is 11.6 Å². The van der Waals surface area contributed by atoms with Crippen molar-refractivity contribution in [3.05, 3.63) is 40.9 Å². The van der Waals surface area contributed by atoms with E-state index in [-0.39, 0.29) is 12.1 Å². The molecule has 20 heavy (non-hydrogen) atoms. The lowest BCUT2D eigenvalue weighted by molar-refractivity contribution is 0.107. The number of nitrogens with one attached hydrogen (secondary N) is 1. The summed E-state index contributed by atoms with van der Waals surface area (Å²) in [5.74, 6) is 0. The number of halogens is 1. The molecule has 0 aliphatic carbocycles. The molecule has 106 valence electrons. The Morgan fingerprint density at radius 3 is 3.00 bits per heavy atom. The minimum absolute atomic E-state index is 0.00734. The SMILES string of the molecule is Cc1c([C@H]2OCC[C@@H]2Nc2ccncc2Cl)cnn1C. The summed E-state index contributed by atoms with van der Waals surface area (Å²) < 4.78 is 7.75.